The molecule has 0 bridgehead atoms. The van der Waals surface area contributed by atoms with E-state index in [9.17, 15) is 14.4 Å². The third-order valence-corrected chi connectivity index (χ3v) is 3.22. The number of esters is 1. The number of rotatable bonds is 5. The van der Waals surface area contributed by atoms with E-state index < -0.39 is 29.4 Å². The number of aromatic nitrogens is 2. The summed E-state index contributed by atoms with van der Waals surface area (Å²) < 4.78 is 5.22. The lowest BCUT2D eigenvalue weighted by atomic mass is 10.2. The molecule has 2 rings (SSSR count). The van der Waals surface area contributed by atoms with Gasteiger partial charge in [0.1, 0.15) is 17.3 Å². The zero-order chi connectivity index (χ0) is 19.3. The first-order valence-electron chi connectivity index (χ1n) is 8.11. The second-order valence-corrected chi connectivity index (χ2v) is 6.67. The van der Waals surface area contributed by atoms with Gasteiger partial charge in [-0.25, -0.2) is 9.78 Å². The number of imidazole rings is 1. The highest BCUT2D eigenvalue weighted by molar-refractivity contribution is 6.10. The standard InChI is InChI=1S/C18H22N4O4/c1-11(17(25)26-18(2,3)4)21-15(23)13-14(20-10-19-13)16(24)22-12-8-6-5-7-9-12/h5-11H,1-4H3,(H,19,20)(H,21,23)(H,22,24). The number of amides is 2. The molecule has 2 amide bonds. The lowest BCUT2D eigenvalue weighted by Gasteiger charge is -2.22. The van der Waals surface area contributed by atoms with Gasteiger partial charge in [-0.05, 0) is 39.8 Å². The normalized spacial score (nSPS) is 12.2. The average Bonchev–Trinajstić information content (AvgIpc) is 3.04. The summed E-state index contributed by atoms with van der Waals surface area (Å²) in [6.45, 7) is 6.72. The Labute approximate surface area is 151 Å². The largest absolute Gasteiger partial charge is 0.458 e. The number of hydrogen-bond donors (Lipinski definition) is 3. The molecule has 0 saturated heterocycles. The smallest absolute Gasteiger partial charge is 0.328 e. The summed E-state index contributed by atoms with van der Waals surface area (Å²) in [4.78, 5) is 43.2. The van der Waals surface area contributed by atoms with E-state index in [1.807, 2.05) is 6.07 Å². The van der Waals surface area contributed by atoms with Gasteiger partial charge in [0.25, 0.3) is 11.8 Å². The van der Waals surface area contributed by atoms with Crippen LogP contribution in [0, 0.1) is 0 Å². The average molecular weight is 358 g/mol. The summed E-state index contributed by atoms with van der Waals surface area (Å²) in [5, 5.41) is 5.15. The van der Waals surface area contributed by atoms with E-state index in [0.717, 1.165) is 0 Å². The molecule has 0 radical (unpaired) electrons. The molecule has 1 aromatic carbocycles. The van der Waals surface area contributed by atoms with Crippen molar-refractivity contribution in [1.82, 2.24) is 15.3 Å². The number of carbonyl (C=O) groups excluding carboxylic acids is 3. The van der Waals surface area contributed by atoms with Gasteiger partial charge in [0.2, 0.25) is 0 Å². The molecule has 0 aliphatic carbocycles. The van der Waals surface area contributed by atoms with Crippen molar-refractivity contribution in [2.45, 2.75) is 39.3 Å². The molecular formula is C18H22N4O4. The van der Waals surface area contributed by atoms with Gasteiger partial charge in [0.05, 0.1) is 6.33 Å². The molecule has 2 aromatic rings. The summed E-state index contributed by atoms with van der Waals surface area (Å²) in [6.07, 6.45) is 1.24. The maximum atomic E-state index is 12.4. The van der Waals surface area contributed by atoms with Crippen LogP contribution in [-0.2, 0) is 9.53 Å². The summed E-state index contributed by atoms with van der Waals surface area (Å²) in [5.74, 6) is -1.73. The molecule has 1 unspecified atom stereocenters. The fourth-order valence-electron chi connectivity index (χ4n) is 2.07. The van der Waals surface area contributed by atoms with E-state index in [4.69, 9.17) is 4.74 Å². The maximum Gasteiger partial charge on any atom is 0.328 e. The molecule has 1 atom stereocenters. The number of benzene rings is 1. The van der Waals surface area contributed by atoms with Crippen LogP contribution in [0.2, 0.25) is 0 Å². The number of nitrogens with zero attached hydrogens (tertiary/aromatic N) is 1. The number of aromatic amines is 1. The number of carbonyl (C=O) groups is 3. The van der Waals surface area contributed by atoms with Crippen molar-refractivity contribution in [3.63, 3.8) is 0 Å². The Morgan fingerprint density at radius 2 is 1.77 bits per heavy atom. The van der Waals surface area contributed by atoms with Gasteiger partial charge in [-0.3, -0.25) is 9.59 Å². The lowest BCUT2D eigenvalue weighted by Crippen LogP contribution is -2.42. The molecule has 0 aliphatic rings. The van der Waals surface area contributed by atoms with Crippen molar-refractivity contribution in [3.8, 4) is 0 Å². The van der Waals surface area contributed by atoms with Crippen LogP contribution in [0.25, 0.3) is 0 Å². The van der Waals surface area contributed by atoms with E-state index in [2.05, 4.69) is 20.6 Å². The molecule has 26 heavy (non-hydrogen) atoms. The van der Waals surface area contributed by atoms with Gasteiger partial charge < -0.3 is 20.4 Å². The molecule has 8 heteroatoms. The van der Waals surface area contributed by atoms with Crippen molar-refractivity contribution >= 4 is 23.5 Å². The maximum absolute atomic E-state index is 12.4. The van der Waals surface area contributed by atoms with Crippen LogP contribution in [0.5, 0.6) is 0 Å². The van der Waals surface area contributed by atoms with Gasteiger partial charge >= 0.3 is 5.97 Å². The minimum Gasteiger partial charge on any atom is -0.458 e. The van der Waals surface area contributed by atoms with Crippen LogP contribution in [0.1, 0.15) is 48.7 Å². The van der Waals surface area contributed by atoms with Crippen molar-refractivity contribution in [3.05, 3.63) is 48.0 Å². The molecule has 0 saturated carbocycles. The number of H-pyrrole nitrogens is 1. The van der Waals surface area contributed by atoms with Crippen molar-refractivity contribution < 1.29 is 19.1 Å². The van der Waals surface area contributed by atoms with Gasteiger partial charge in [-0.15, -0.1) is 0 Å². The quantitative estimate of drug-likeness (QED) is 0.709. The molecule has 0 fully saturated rings. The van der Waals surface area contributed by atoms with Crippen LogP contribution >= 0.6 is 0 Å². The summed E-state index contributed by atoms with van der Waals surface area (Å²) >= 11 is 0. The first kappa shape index (κ1) is 19.2. The SMILES string of the molecule is CC(NC(=O)c1[nH]cnc1C(=O)Nc1ccccc1)C(=O)OC(C)(C)C. The van der Waals surface area contributed by atoms with Gasteiger partial charge in [-0.2, -0.15) is 0 Å². The number of para-hydroxylation sites is 1. The van der Waals surface area contributed by atoms with Crippen LogP contribution < -0.4 is 10.6 Å². The van der Waals surface area contributed by atoms with E-state index in [0.29, 0.717) is 5.69 Å². The Balaban J connectivity index is 2.06. The van der Waals surface area contributed by atoms with Gasteiger partial charge in [0, 0.05) is 5.69 Å². The molecule has 8 nitrogen and oxygen atoms in total. The first-order valence-corrected chi connectivity index (χ1v) is 8.11. The van der Waals surface area contributed by atoms with Crippen LogP contribution in [0.3, 0.4) is 0 Å². The third kappa shape index (κ3) is 5.17. The zero-order valence-corrected chi connectivity index (χ0v) is 15.1. The van der Waals surface area contributed by atoms with Crippen molar-refractivity contribution in [2.24, 2.45) is 0 Å². The monoisotopic (exact) mass is 358 g/mol. The first-order chi connectivity index (χ1) is 12.2. The summed E-state index contributed by atoms with van der Waals surface area (Å²) in [5.41, 5.74) is -0.185. The van der Waals surface area contributed by atoms with E-state index in [-0.39, 0.29) is 11.4 Å². The zero-order valence-electron chi connectivity index (χ0n) is 15.1. The summed E-state index contributed by atoms with van der Waals surface area (Å²) in [6, 6.07) is 7.92. The molecule has 3 N–H and O–H groups in total. The van der Waals surface area contributed by atoms with Crippen LogP contribution in [-0.4, -0.2) is 39.4 Å². The van der Waals surface area contributed by atoms with Crippen LogP contribution in [0.15, 0.2) is 36.7 Å². The summed E-state index contributed by atoms with van der Waals surface area (Å²) in [7, 11) is 0. The Morgan fingerprint density at radius 3 is 2.38 bits per heavy atom. The second-order valence-electron chi connectivity index (χ2n) is 6.67. The number of ether oxygens (including phenoxy) is 1. The second kappa shape index (κ2) is 7.81. The Kier molecular flexibility index (Phi) is 5.76. The van der Waals surface area contributed by atoms with E-state index in [1.165, 1.54) is 13.3 Å². The molecule has 0 aliphatic heterocycles. The molecule has 1 aromatic heterocycles. The highest BCUT2D eigenvalue weighted by Gasteiger charge is 2.26. The van der Waals surface area contributed by atoms with Gasteiger partial charge in [0.15, 0.2) is 5.69 Å². The highest BCUT2D eigenvalue weighted by Crippen LogP contribution is 2.11. The molecule has 1 heterocycles. The topological polar surface area (TPSA) is 113 Å². The predicted molar refractivity (Wildman–Crippen MR) is 95.8 cm³/mol. The van der Waals surface area contributed by atoms with Gasteiger partial charge in [-0.1, -0.05) is 18.2 Å². The lowest BCUT2D eigenvalue weighted by molar-refractivity contribution is -0.156. The van der Waals surface area contributed by atoms with E-state index >= 15 is 0 Å². The Hall–Kier alpha value is -3.16. The molecule has 138 valence electrons. The molecule has 0 spiro atoms. The Bertz CT molecular complexity index is 793. The minimum atomic E-state index is -0.880. The number of hydrogen-bond acceptors (Lipinski definition) is 5. The Morgan fingerprint density at radius 1 is 1.12 bits per heavy atom. The minimum absolute atomic E-state index is 0.0335. The number of nitrogens with one attached hydrogen (secondary N) is 3. The molecular weight excluding hydrogens is 336 g/mol. The van der Waals surface area contributed by atoms with Crippen LogP contribution in [0.4, 0.5) is 5.69 Å². The fraction of sp³-hybridized carbons (Fsp3) is 0.333. The van der Waals surface area contributed by atoms with Crippen molar-refractivity contribution in [2.75, 3.05) is 5.32 Å². The fourth-order valence-corrected chi connectivity index (χ4v) is 2.07. The predicted octanol–water partition coefficient (Wildman–Crippen LogP) is 2.12. The number of anilines is 1. The van der Waals surface area contributed by atoms with E-state index in [1.54, 1.807) is 45.0 Å². The highest BCUT2D eigenvalue weighted by atomic mass is 16.6. The third-order valence-electron chi connectivity index (χ3n) is 3.22. The van der Waals surface area contributed by atoms with Crippen molar-refractivity contribution in [1.29, 1.82) is 0 Å².